The van der Waals surface area contributed by atoms with Gasteiger partial charge in [0.05, 0.1) is 6.61 Å². The zero-order valence-electron chi connectivity index (χ0n) is 11.5. The third-order valence-corrected chi connectivity index (χ3v) is 2.94. The van der Waals surface area contributed by atoms with Crippen LogP contribution in [0.4, 0.5) is 0 Å². The van der Waals surface area contributed by atoms with Gasteiger partial charge in [0.25, 0.3) is 0 Å². The Morgan fingerprint density at radius 1 is 1.29 bits per heavy atom. The summed E-state index contributed by atoms with van der Waals surface area (Å²) in [5.41, 5.74) is 3.14. The Bertz CT molecular complexity index is 400. The lowest BCUT2D eigenvalue weighted by atomic mass is 9.84. The maximum atomic E-state index is 12.0. The van der Waals surface area contributed by atoms with E-state index in [-0.39, 0.29) is 11.2 Å². The van der Waals surface area contributed by atoms with E-state index < -0.39 is 0 Å². The van der Waals surface area contributed by atoms with Gasteiger partial charge in [-0.05, 0) is 29.5 Å². The van der Waals surface area contributed by atoms with E-state index in [4.69, 9.17) is 4.74 Å². The van der Waals surface area contributed by atoms with Crippen molar-refractivity contribution in [2.24, 2.45) is 0 Å². The molecule has 0 radical (unpaired) electrons. The average molecular weight is 234 g/mol. The third-order valence-electron chi connectivity index (χ3n) is 2.94. The maximum absolute atomic E-state index is 12.0. The molecular weight excluding hydrogens is 212 g/mol. The van der Waals surface area contributed by atoms with E-state index in [1.807, 2.05) is 19.1 Å². The zero-order valence-corrected chi connectivity index (χ0v) is 11.5. The van der Waals surface area contributed by atoms with Gasteiger partial charge in [0.1, 0.15) is 0 Å². The highest BCUT2D eigenvalue weighted by molar-refractivity contribution is 5.97. The zero-order chi connectivity index (χ0) is 13.1. The molecule has 1 rings (SSSR count). The predicted octanol–water partition coefficient (Wildman–Crippen LogP) is 3.51. The molecule has 1 aromatic carbocycles. The summed E-state index contributed by atoms with van der Waals surface area (Å²) in [5.74, 6) is 0.162. The molecule has 1 aromatic rings. The lowest BCUT2D eigenvalue weighted by molar-refractivity contribution is 0.0931. The number of carbonyl (C=O) groups excluding carboxylic acids is 1. The van der Waals surface area contributed by atoms with Crippen molar-refractivity contribution in [1.82, 2.24) is 0 Å². The standard InChI is InChI=1S/C15H22O2/c1-11-6-7-12(15(2,3)4)10-13(11)14(16)8-9-17-5/h6-7,10H,8-9H2,1-5H3. The Kier molecular flexibility index (Phi) is 4.47. The monoisotopic (exact) mass is 234 g/mol. The molecule has 0 amide bonds. The van der Waals surface area contributed by atoms with E-state index in [0.29, 0.717) is 13.0 Å². The van der Waals surface area contributed by atoms with Crippen molar-refractivity contribution in [3.8, 4) is 0 Å². The van der Waals surface area contributed by atoms with Gasteiger partial charge in [0, 0.05) is 19.1 Å². The molecule has 0 aliphatic heterocycles. The molecule has 0 N–H and O–H groups in total. The van der Waals surface area contributed by atoms with Crippen LogP contribution in [0.3, 0.4) is 0 Å². The molecule has 0 fully saturated rings. The molecular formula is C15H22O2. The molecule has 0 bridgehead atoms. The molecule has 0 atom stereocenters. The summed E-state index contributed by atoms with van der Waals surface area (Å²) in [4.78, 5) is 12.0. The summed E-state index contributed by atoms with van der Waals surface area (Å²) in [6.45, 7) is 8.92. The van der Waals surface area contributed by atoms with Gasteiger partial charge in [-0.3, -0.25) is 4.79 Å². The van der Waals surface area contributed by atoms with Crippen molar-refractivity contribution in [2.75, 3.05) is 13.7 Å². The Hall–Kier alpha value is -1.15. The number of benzene rings is 1. The smallest absolute Gasteiger partial charge is 0.165 e. The second-order valence-electron chi connectivity index (χ2n) is 5.45. The minimum absolute atomic E-state index is 0.0734. The van der Waals surface area contributed by atoms with Gasteiger partial charge in [0.15, 0.2) is 5.78 Å². The van der Waals surface area contributed by atoms with Crippen LogP contribution in [0.1, 0.15) is 48.7 Å². The van der Waals surface area contributed by atoms with Gasteiger partial charge < -0.3 is 4.74 Å². The number of hydrogen-bond acceptors (Lipinski definition) is 2. The largest absolute Gasteiger partial charge is 0.384 e. The number of rotatable bonds is 4. The molecule has 0 aliphatic carbocycles. The quantitative estimate of drug-likeness (QED) is 0.745. The summed E-state index contributed by atoms with van der Waals surface area (Å²) in [6, 6.07) is 6.15. The van der Waals surface area contributed by atoms with Crippen molar-refractivity contribution >= 4 is 5.78 Å². The first-order valence-electron chi connectivity index (χ1n) is 5.99. The Labute approximate surface area is 104 Å². The average Bonchev–Trinajstić information content (AvgIpc) is 2.24. The molecule has 0 unspecified atom stereocenters. The lowest BCUT2D eigenvalue weighted by Crippen LogP contribution is -2.13. The Morgan fingerprint density at radius 3 is 2.47 bits per heavy atom. The molecule has 0 spiro atoms. The molecule has 0 aromatic heterocycles. The summed E-state index contributed by atoms with van der Waals surface area (Å²) >= 11 is 0. The van der Waals surface area contributed by atoms with Gasteiger partial charge in [-0.1, -0.05) is 32.9 Å². The molecule has 0 saturated heterocycles. The molecule has 0 heterocycles. The van der Waals surface area contributed by atoms with E-state index in [1.54, 1.807) is 7.11 Å². The fraction of sp³-hybridized carbons (Fsp3) is 0.533. The molecule has 2 nitrogen and oxygen atoms in total. The molecule has 0 aliphatic rings. The topological polar surface area (TPSA) is 26.3 Å². The number of ether oxygens (including phenoxy) is 1. The number of aryl methyl sites for hydroxylation is 1. The van der Waals surface area contributed by atoms with E-state index in [2.05, 4.69) is 26.8 Å². The number of Topliss-reactive ketones (excluding diaryl/α,β-unsaturated/α-hetero) is 1. The van der Waals surface area contributed by atoms with Crippen molar-refractivity contribution in [1.29, 1.82) is 0 Å². The van der Waals surface area contributed by atoms with E-state index in [9.17, 15) is 4.79 Å². The highest BCUT2D eigenvalue weighted by Crippen LogP contribution is 2.25. The van der Waals surface area contributed by atoms with Crippen LogP contribution >= 0.6 is 0 Å². The van der Waals surface area contributed by atoms with Gasteiger partial charge in [0.2, 0.25) is 0 Å². The van der Waals surface area contributed by atoms with Crippen LogP contribution in [0.25, 0.3) is 0 Å². The van der Waals surface area contributed by atoms with Gasteiger partial charge in [-0.2, -0.15) is 0 Å². The first-order chi connectivity index (χ1) is 7.86. The molecule has 94 valence electrons. The summed E-state index contributed by atoms with van der Waals surface area (Å²) in [6.07, 6.45) is 0.449. The van der Waals surface area contributed by atoms with Crippen molar-refractivity contribution in [3.63, 3.8) is 0 Å². The van der Waals surface area contributed by atoms with E-state index >= 15 is 0 Å². The van der Waals surface area contributed by atoms with Crippen LogP contribution in [0.2, 0.25) is 0 Å². The normalized spacial score (nSPS) is 11.6. The second-order valence-corrected chi connectivity index (χ2v) is 5.45. The van der Waals surface area contributed by atoms with E-state index in [0.717, 1.165) is 11.1 Å². The Morgan fingerprint density at radius 2 is 1.94 bits per heavy atom. The predicted molar refractivity (Wildman–Crippen MR) is 70.7 cm³/mol. The SMILES string of the molecule is COCCC(=O)c1cc(C(C)(C)C)ccc1C. The number of ketones is 1. The second kappa shape index (κ2) is 5.46. The number of hydrogen-bond donors (Lipinski definition) is 0. The highest BCUT2D eigenvalue weighted by Gasteiger charge is 2.17. The fourth-order valence-electron chi connectivity index (χ4n) is 1.72. The molecule has 2 heteroatoms. The summed E-state index contributed by atoms with van der Waals surface area (Å²) in [5, 5.41) is 0. The number of methoxy groups -OCH3 is 1. The summed E-state index contributed by atoms with van der Waals surface area (Å²) in [7, 11) is 1.62. The first kappa shape index (κ1) is 13.9. The maximum Gasteiger partial charge on any atom is 0.165 e. The van der Waals surface area contributed by atoms with Gasteiger partial charge in [-0.25, -0.2) is 0 Å². The highest BCUT2D eigenvalue weighted by atomic mass is 16.5. The van der Waals surface area contributed by atoms with Crippen LogP contribution in [0.15, 0.2) is 18.2 Å². The number of carbonyl (C=O) groups is 1. The molecule has 17 heavy (non-hydrogen) atoms. The van der Waals surface area contributed by atoms with Crippen molar-refractivity contribution in [2.45, 2.75) is 39.5 Å². The lowest BCUT2D eigenvalue weighted by Gasteiger charge is -2.20. The van der Waals surface area contributed by atoms with Gasteiger partial charge >= 0.3 is 0 Å². The fourth-order valence-corrected chi connectivity index (χ4v) is 1.72. The van der Waals surface area contributed by atoms with Crippen LogP contribution in [0.5, 0.6) is 0 Å². The van der Waals surface area contributed by atoms with Crippen LogP contribution in [-0.2, 0) is 10.2 Å². The van der Waals surface area contributed by atoms with Crippen LogP contribution in [0, 0.1) is 6.92 Å². The van der Waals surface area contributed by atoms with Crippen molar-refractivity contribution in [3.05, 3.63) is 34.9 Å². The van der Waals surface area contributed by atoms with Gasteiger partial charge in [-0.15, -0.1) is 0 Å². The molecule has 0 saturated carbocycles. The third kappa shape index (κ3) is 3.67. The van der Waals surface area contributed by atoms with E-state index in [1.165, 1.54) is 5.56 Å². The minimum Gasteiger partial charge on any atom is -0.384 e. The first-order valence-corrected chi connectivity index (χ1v) is 5.99. The van der Waals surface area contributed by atoms with Crippen LogP contribution < -0.4 is 0 Å². The minimum atomic E-state index is 0.0734. The summed E-state index contributed by atoms with van der Waals surface area (Å²) < 4.78 is 4.95. The van der Waals surface area contributed by atoms with Crippen LogP contribution in [-0.4, -0.2) is 19.5 Å². The Balaban J connectivity index is 3.02. The van der Waals surface area contributed by atoms with Crippen molar-refractivity contribution < 1.29 is 9.53 Å².